The number of aryl methyl sites for hydroxylation is 1. The van der Waals surface area contributed by atoms with E-state index >= 15 is 0 Å². The molecule has 1 aromatic carbocycles. The zero-order valence-electron chi connectivity index (χ0n) is 9.94. The second-order valence-corrected chi connectivity index (χ2v) is 4.50. The van der Waals surface area contributed by atoms with Crippen molar-refractivity contribution in [2.24, 2.45) is 5.92 Å². The molecule has 0 spiro atoms. The van der Waals surface area contributed by atoms with E-state index in [4.69, 9.17) is 0 Å². The van der Waals surface area contributed by atoms with Crippen LogP contribution in [0.5, 0.6) is 0 Å². The predicted molar refractivity (Wildman–Crippen MR) is 66.5 cm³/mol. The third kappa shape index (κ3) is 1.95. The summed E-state index contributed by atoms with van der Waals surface area (Å²) < 4.78 is 0. The second-order valence-electron chi connectivity index (χ2n) is 4.50. The van der Waals surface area contributed by atoms with Crippen molar-refractivity contribution in [1.82, 2.24) is 0 Å². The Morgan fingerprint density at radius 1 is 1.31 bits per heavy atom. The lowest BCUT2D eigenvalue weighted by Gasteiger charge is -2.27. The van der Waals surface area contributed by atoms with Gasteiger partial charge in [0.1, 0.15) is 5.78 Å². The van der Waals surface area contributed by atoms with Gasteiger partial charge in [0.15, 0.2) is 0 Å². The number of benzene rings is 1. The number of rotatable bonds is 2. The molecule has 16 heavy (non-hydrogen) atoms. The minimum Gasteiger partial charge on any atom is -0.299 e. The first kappa shape index (κ1) is 11.1. The number of ketones is 1. The molecular weight excluding hydrogens is 196 g/mol. The van der Waals surface area contributed by atoms with Gasteiger partial charge in [0.2, 0.25) is 0 Å². The first-order valence-corrected chi connectivity index (χ1v) is 5.99. The van der Waals surface area contributed by atoms with E-state index in [0.29, 0.717) is 18.1 Å². The van der Waals surface area contributed by atoms with Gasteiger partial charge in [0, 0.05) is 12.3 Å². The number of carbonyl (C=O) groups excluding carboxylic acids is 1. The van der Waals surface area contributed by atoms with Crippen LogP contribution in [-0.4, -0.2) is 5.78 Å². The van der Waals surface area contributed by atoms with Crippen molar-refractivity contribution in [2.75, 3.05) is 0 Å². The van der Waals surface area contributed by atoms with Crippen LogP contribution in [0.4, 0.5) is 0 Å². The largest absolute Gasteiger partial charge is 0.299 e. The molecule has 2 rings (SSSR count). The summed E-state index contributed by atoms with van der Waals surface area (Å²) in [6.45, 7) is 4.24. The Balaban J connectivity index is 2.41. The highest BCUT2D eigenvalue weighted by Crippen LogP contribution is 2.34. The summed E-state index contributed by atoms with van der Waals surface area (Å²) in [7, 11) is 0. The maximum absolute atomic E-state index is 12.1. The quantitative estimate of drug-likeness (QED) is 0.687. The van der Waals surface area contributed by atoms with Crippen LogP contribution in [0, 0.1) is 12.8 Å². The van der Waals surface area contributed by atoms with E-state index in [-0.39, 0.29) is 5.92 Å². The van der Waals surface area contributed by atoms with Crippen LogP contribution < -0.4 is 0 Å². The zero-order valence-corrected chi connectivity index (χ0v) is 9.94. The van der Waals surface area contributed by atoms with E-state index in [1.165, 1.54) is 11.1 Å². The van der Waals surface area contributed by atoms with Gasteiger partial charge in [0.25, 0.3) is 0 Å². The van der Waals surface area contributed by atoms with Gasteiger partial charge < -0.3 is 0 Å². The van der Waals surface area contributed by atoms with Gasteiger partial charge in [-0.25, -0.2) is 0 Å². The van der Waals surface area contributed by atoms with Gasteiger partial charge in [-0.05, 0) is 30.4 Å². The van der Waals surface area contributed by atoms with E-state index in [2.05, 4.69) is 32.1 Å². The van der Waals surface area contributed by atoms with E-state index < -0.39 is 0 Å². The SMILES string of the molecule is CC[C@H]1C=CCC(=O)C1c1ccccc1C. The van der Waals surface area contributed by atoms with Gasteiger partial charge in [0.05, 0.1) is 0 Å². The standard InChI is InChI=1S/C15H18O/c1-3-12-8-6-10-14(16)15(12)13-9-5-4-7-11(13)2/h4-9,12,15H,3,10H2,1-2H3/t12-,15?/m0/s1. The van der Waals surface area contributed by atoms with E-state index in [0.717, 1.165) is 6.42 Å². The fraction of sp³-hybridized carbons (Fsp3) is 0.400. The van der Waals surface area contributed by atoms with Gasteiger partial charge in [-0.1, -0.05) is 43.3 Å². The molecule has 0 amide bonds. The molecule has 1 aromatic rings. The summed E-state index contributed by atoms with van der Waals surface area (Å²) in [6.07, 6.45) is 5.85. The van der Waals surface area contributed by atoms with Gasteiger partial charge in [-0.3, -0.25) is 4.79 Å². The summed E-state index contributed by atoms with van der Waals surface area (Å²) in [4.78, 5) is 12.1. The highest BCUT2D eigenvalue weighted by molar-refractivity contribution is 5.88. The van der Waals surface area contributed by atoms with Crippen LogP contribution in [0.1, 0.15) is 36.8 Å². The Hall–Kier alpha value is -1.37. The van der Waals surface area contributed by atoms with Crippen molar-refractivity contribution >= 4 is 5.78 Å². The number of carbonyl (C=O) groups is 1. The maximum Gasteiger partial charge on any atom is 0.144 e. The van der Waals surface area contributed by atoms with E-state index in [1.54, 1.807) is 0 Å². The van der Waals surface area contributed by atoms with Crippen molar-refractivity contribution in [3.8, 4) is 0 Å². The molecule has 1 aliphatic rings. The number of hydrogen-bond donors (Lipinski definition) is 0. The smallest absolute Gasteiger partial charge is 0.144 e. The fourth-order valence-electron chi connectivity index (χ4n) is 2.55. The molecule has 0 N–H and O–H groups in total. The number of hydrogen-bond acceptors (Lipinski definition) is 1. The molecule has 0 aliphatic heterocycles. The Labute approximate surface area is 97.2 Å². The Kier molecular flexibility index (Phi) is 3.23. The van der Waals surface area contributed by atoms with Crippen LogP contribution in [0.3, 0.4) is 0 Å². The van der Waals surface area contributed by atoms with Gasteiger partial charge in [-0.2, -0.15) is 0 Å². The first-order chi connectivity index (χ1) is 7.74. The zero-order chi connectivity index (χ0) is 11.5. The average Bonchev–Trinajstić information content (AvgIpc) is 2.30. The summed E-state index contributed by atoms with van der Waals surface area (Å²) in [5, 5.41) is 0. The summed E-state index contributed by atoms with van der Waals surface area (Å²) >= 11 is 0. The minimum atomic E-state index is 0.0798. The van der Waals surface area contributed by atoms with Crippen LogP contribution in [-0.2, 0) is 4.79 Å². The molecule has 0 saturated heterocycles. The van der Waals surface area contributed by atoms with Gasteiger partial charge in [-0.15, -0.1) is 0 Å². The highest BCUT2D eigenvalue weighted by Gasteiger charge is 2.29. The third-order valence-corrected chi connectivity index (χ3v) is 3.47. The van der Waals surface area contributed by atoms with E-state index in [1.807, 2.05) is 18.2 Å². The summed E-state index contributed by atoms with van der Waals surface area (Å²) in [5.74, 6) is 0.821. The lowest BCUT2D eigenvalue weighted by Crippen LogP contribution is -2.23. The number of allylic oxidation sites excluding steroid dienone is 2. The maximum atomic E-state index is 12.1. The highest BCUT2D eigenvalue weighted by atomic mass is 16.1. The molecule has 1 nitrogen and oxygen atoms in total. The first-order valence-electron chi connectivity index (χ1n) is 5.99. The predicted octanol–water partition coefficient (Wildman–Crippen LogP) is 3.63. The fourth-order valence-corrected chi connectivity index (χ4v) is 2.55. The molecule has 0 saturated carbocycles. The molecule has 1 unspecified atom stereocenters. The topological polar surface area (TPSA) is 17.1 Å². The number of Topliss-reactive ketones (excluding diaryl/α,β-unsaturated/α-hetero) is 1. The molecule has 1 aliphatic carbocycles. The molecule has 0 heterocycles. The van der Waals surface area contributed by atoms with Crippen molar-refractivity contribution in [1.29, 1.82) is 0 Å². The molecular formula is C15H18O. The Morgan fingerprint density at radius 3 is 2.75 bits per heavy atom. The summed E-state index contributed by atoms with van der Waals surface area (Å²) in [5.41, 5.74) is 2.44. The Bertz CT molecular complexity index is 417. The second kappa shape index (κ2) is 4.65. The molecule has 0 fully saturated rings. The lowest BCUT2D eigenvalue weighted by atomic mass is 9.76. The summed E-state index contributed by atoms with van der Waals surface area (Å²) in [6, 6.07) is 8.25. The van der Waals surface area contributed by atoms with Crippen LogP contribution in [0.2, 0.25) is 0 Å². The molecule has 1 heteroatoms. The van der Waals surface area contributed by atoms with Crippen LogP contribution >= 0.6 is 0 Å². The molecule has 0 bridgehead atoms. The third-order valence-electron chi connectivity index (χ3n) is 3.47. The van der Waals surface area contributed by atoms with Crippen molar-refractivity contribution < 1.29 is 4.79 Å². The van der Waals surface area contributed by atoms with Crippen molar-refractivity contribution in [3.63, 3.8) is 0 Å². The minimum absolute atomic E-state index is 0.0798. The average molecular weight is 214 g/mol. The lowest BCUT2D eigenvalue weighted by molar-refractivity contribution is -0.120. The van der Waals surface area contributed by atoms with Crippen LogP contribution in [0.15, 0.2) is 36.4 Å². The monoisotopic (exact) mass is 214 g/mol. The van der Waals surface area contributed by atoms with Gasteiger partial charge >= 0.3 is 0 Å². The molecule has 0 aromatic heterocycles. The van der Waals surface area contributed by atoms with Crippen molar-refractivity contribution in [2.45, 2.75) is 32.6 Å². The molecule has 0 radical (unpaired) electrons. The van der Waals surface area contributed by atoms with Crippen LogP contribution in [0.25, 0.3) is 0 Å². The normalized spacial score (nSPS) is 24.8. The molecule has 2 atom stereocenters. The molecule has 84 valence electrons. The van der Waals surface area contributed by atoms with E-state index in [9.17, 15) is 4.79 Å². The Morgan fingerprint density at radius 2 is 2.06 bits per heavy atom. The van der Waals surface area contributed by atoms with Crippen molar-refractivity contribution in [3.05, 3.63) is 47.5 Å².